The van der Waals surface area contributed by atoms with Crippen molar-refractivity contribution in [3.8, 4) is 0 Å². The van der Waals surface area contributed by atoms with E-state index in [1.54, 1.807) is 6.33 Å². The Labute approximate surface area is 128 Å². The summed E-state index contributed by atoms with van der Waals surface area (Å²) in [5.74, 6) is 1.74. The van der Waals surface area contributed by atoms with Crippen LogP contribution in [0.15, 0.2) is 29.0 Å². The molecule has 1 aromatic carbocycles. The molecule has 0 amide bonds. The third-order valence-corrected chi connectivity index (χ3v) is 3.73. The van der Waals surface area contributed by atoms with Crippen molar-refractivity contribution in [2.24, 2.45) is 0 Å². The third kappa shape index (κ3) is 3.10. The fourth-order valence-electron chi connectivity index (χ4n) is 2.17. The minimum Gasteiger partial charge on any atom is -0.373 e. The number of hydrogen-bond donors (Lipinski definition) is 2. The lowest BCUT2D eigenvalue weighted by atomic mass is 10.1. The lowest BCUT2D eigenvalue weighted by Crippen LogP contribution is -2.05. The second kappa shape index (κ2) is 6.70. The van der Waals surface area contributed by atoms with Gasteiger partial charge in [-0.2, -0.15) is 0 Å². The molecule has 4 nitrogen and oxygen atoms in total. The number of halogens is 1. The molecular formula is C15H19BrN4. The normalized spacial score (nSPS) is 10.4. The van der Waals surface area contributed by atoms with E-state index in [4.69, 9.17) is 0 Å². The maximum Gasteiger partial charge on any atom is 0.139 e. The van der Waals surface area contributed by atoms with Gasteiger partial charge < -0.3 is 10.6 Å². The Hall–Kier alpha value is -1.62. The van der Waals surface area contributed by atoms with Crippen LogP contribution in [0.3, 0.4) is 0 Å². The van der Waals surface area contributed by atoms with Crippen molar-refractivity contribution >= 4 is 33.3 Å². The quantitative estimate of drug-likeness (QED) is 0.862. The van der Waals surface area contributed by atoms with Gasteiger partial charge >= 0.3 is 0 Å². The average molecular weight is 335 g/mol. The summed E-state index contributed by atoms with van der Waals surface area (Å²) in [6.07, 6.45) is 3.42. The lowest BCUT2D eigenvalue weighted by molar-refractivity contribution is 1.04. The van der Waals surface area contributed by atoms with Crippen LogP contribution in [-0.4, -0.2) is 17.0 Å². The summed E-state index contributed by atoms with van der Waals surface area (Å²) in [4.78, 5) is 8.63. The van der Waals surface area contributed by atoms with Crippen molar-refractivity contribution in [2.45, 2.75) is 26.7 Å². The fraction of sp³-hybridized carbons (Fsp3) is 0.333. The van der Waals surface area contributed by atoms with Crippen LogP contribution in [0.4, 0.5) is 17.3 Å². The first-order chi connectivity index (χ1) is 9.69. The molecule has 0 aliphatic rings. The van der Waals surface area contributed by atoms with Crippen LogP contribution in [0.1, 0.15) is 25.0 Å². The average Bonchev–Trinajstić information content (AvgIpc) is 2.48. The molecule has 0 saturated heterocycles. The summed E-state index contributed by atoms with van der Waals surface area (Å²) in [6, 6.07) is 6.24. The van der Waals surface area contributed by atoms with Crippen molar-refractivity contribution in [3.63, 3.8) is 0 Å². The number of benzene rings is 1. The van der Waals surface area contributed by atoms with Crippen molar-refractivity contribution in [3.05, 3.63) is 40.1 Å². The molecule has 0 unspecified atom stereocenters. The Bertz CT molecular complexity index is 598. The zero-order chi connectivity index (χ0) is 14.5. The molecule has 1 heterocycles. The molecule has 1 aromatic heterocycles. The second-order valence-corrected chi connectivity index (χ2v) is 5.35. The molecule has 0 radical (unpaired) electrons. The second-order valence-electron chi connectivity index (χ2n) is 4.43. The Kier molecular flexibility index (Phi) is 4.95. The van der Waals surface area contributed by atoms with E-state index in [-0.39, 0.29) is 0 Å². The van der Waals surface area contributed by atoms with E-state index in [0.717, 1.165) is 40.2 Å². The maximum absolute atomic E-state index is 4.38. The van der Waals surface area contributed by atoms with Gasteiger partial charge in [-0.05, 0) is 36.6 Å². The van der Waals surface area contributed by atoms with Crippen molar-refractivity contribution < 1.29 is 0 Å². The predicted octanol–water partition coefficient (Wildman–Crippen LogP) is 4.15. The highest BCUT2D eigenvalue weighted by Crippen LogP contribution is 2.27. The van der Waals surface area contributed by atoms with Gasteiger partial charge in [0, 0.05) is 22.8 Å². The molecule has 0 bridgehead atoms. The van der Waals surface area contributed by atoms with E-state index in [1.807, 2.05) is 13.1 Å². The third-order valence-electron chi connectivity index (χ3n) is 3.24. The maximum atomic E-state index is 4.38. The van der Waals surface area contributed by atoms with Crippen LogP contribution < -0.4 is 10.6 Å². The van der Waals surface area contributed by atoms with Crippen LogP contribution in [0.25, 0.3) is 0 Å². The summed E-state index contributed by atoms with van der Waals surface area (Å²) in [5.41, 5.74) is 3.44. The molecule has 0 atom stereocenters. The molecule has 0 saturated carbocycles. The zero-order valence-electron chi connectivity index (χ0n) is 12.0. The van der Waals surface area contributed by atoms with Crippen molar-refractivity contribution in [1.29, 1.82) is 0 Å². The predicted molar refractivity (Wildman–Crippen MR) is 87.8 cm³/mol. The molecule has 2 aromatic rings. The van der Waals surface area contributed by atoms with Crippen LogP contribution >= 0.6 is 15.9 Å². The number of nitrogens with one attached hydrogen (secondary N) is 2. The van der Waals surface area contributed by atoms with Gasteiger partial charge in [0.05, 0.1) is 0 Å². The Balaban J connectivity index is 2.39. The van der Waals surface area contributed by atoms with Gasteiger partial charge in [-0.25, -0.2) is 9.97 Å². The summed E-state index contributed by atoms with van der Waals surface area (Å²) < 4.78 is 1.09. The topological polar surface area (TPSA) is 49.8 Å². The van der Waals surface area contributed by atoms with Gasteiger partial charge in [0.15, 0.2) is 0 Å². The summed E-state index contributed by atoms with van der Waals surface area (Å²) in [7, 11) is 1.88. The first-order valence-corrected chi connectivity index (χ1v) is 7.55. The van der Waals surface area contributed by atoms with Crippen LogP contribution in [-0.2, 0) is 12.8 Å². The van der Waals surface area contributed by atoms with E-state index in [0.29, 0.717) is 0 Å². The molecule has 20 heavy (non-hydrogen) atoms. The van der Waals surface area contributed by atoms with Crippen molar-refractivity contribution in [2.75, 3.05) is 17.7 Å². The highest BCUT2D eigenvalue weighted by molar-refractivity contribution is 9.10. The number of aryl methyl sites for hydroxylation is 1. The van der Waals surface area contributed by atoms with Crippen LogP contribution in [0.5, 0.6) is 0 Å². The molecular weight excluding hydrogens is 316 g/mol. The van der Waals surface area contributed by atoms with E-state index < -0.39 is 0 Å². The number of anilines is 3. The molecule has 0 fully saturated rings. The first-order valence-electron chi connectivity index (χ1n) is 6.76. The van der Waals surface area contributed by atoms with Gasteiger partial charge in [0.1, 0.15) is 18.0 Å². The van der Waals surface area contributed by atoms with Gasteiger partial charge in [-0.15, -0.1) is 0 Å². The zero-order valence-corrected chi connectivity index (χ0v) is 13.6. The lowest BCUT2D eigenvalue weighted by Gasteiger charge is -2.15. The number of hydrogen-bond acceptors (Lipinski definition) is 4. The minimum absolute atomic E-state index is 0.865. The monoisotopic (exact) mass is 334 g/mol. The van der Waals surface area contributed by atoms with E-state index in [2.05, 4.69) is 62.5 Å². The Morgan fingerprint density at radius 1 is 1.10 bits per heavy atom. The smallest absolute Gasteiger partial charge is 0.139 e. The van der Waals surface area contributed by atoms with E-state index in [9.17, 15) is 0 Å². The fourth-order valence-corrected chi connectivity index (χ4v) is 2.58. The van der Waals surface area contributed by atoms with Gasteiger partial charge in [-0.1, -0.05) is 29.8 Å². The molecule has 0 aliphatic carbocycles. The van der Waals surface area contributed by atoms with Crippen molar-refractivity contribution in [1.82, 2.24) is 9.97 Å². The number of nitrogens with zero attached hydrogens (tertiary/aromatic N) is 2. The Morgan fingerprint density at radius 3 is 2.50 bits per heavy atom. The van der Waals surface area contributed by atoms with E-state index >= 15 is 0 Å². The summed E-state index contributed by atoms with van der Waals surface area (Å²) in [5, 5.41) is 6.54. The SMILES string of the molecule is CCc1cc(Br)ccc1Nc1ncnc(NC)c1CC. The molecule has 0 spiro atoms. The Morgan fingerprint density at radius 2 is 1.85 bits per heavy atom. The molecule has 0 aliphatic heterocycles. The summed E-state index contributed by atoms with van der Waals surface area (Å²) >= 11 is 3.51. The van der Waals surface area contributed by atoms with Gasteiger partial charge in [0.25, 0.3) is 0 Å². The van der Waals surface area contributed by atoms with Crippen LogP contribution in [0, 0.1) is 0 Å². The molecule has 106 valence electrons. The van der Waals surface area contributed by atoms with Crippen LogP contribution in [0.2, 0.25) is 0 Å². The molecule has 5 heteroatoms. The number of rotatable bonds is 5. The molecule has 2 rings (SSSR count). The summed E-state index contributed by atoms with van der Waals surface area (Å²) in [6.45, 7) is 4.25. The largest absolute Gasteiger partial charge is 0.373 e. The minimum atomic E-state index is 0.865. The highest BCUT2D eigenvalue weighted by Gasteiger charge is 2.10. The van der Waals surface area contributed by atoms with Gasteiger partial charge in [-0.3, -0.25) is 0 Å². The molecule has 2 N–H and O–H groups in total. The first kappa shape index (κ1) is 14.8. The van der Waals surface area contributed by atoms with Gasteiger partial charge in [0.2, 0.25) is 0 Å². The number of aromatic nitrogens is 2. The van der Waals surface area contributed by atoms with E-state index in [1.165, 1.54) is 5.56 Å². The highest BCUT2D eigenvalue weighted by atomic mass is 79.9. The standard InChI is InChI=1S/C15H19BrN4/c1-4-10-8-11(16)6-7-13(10)20-15-12(5-2)14(17-3)18-9-19-15/h6-9H,4-5H2,1-3H3,(H2,17,18,19,20).